The number of pyridine rings is 1. The van der Waals surface area contributed by atoms with Crippen molar-refractivity contribution in [3.63, 3.8) is 0 Å². The zero-order valence-electron chi connectivity index (χ0n) is 8.43. The van der Waals surface area contributed by atoms with Crippen molar-refractivity contribution in [3.8, 4) is 11.5 Å². The Morgan fingerprint density at radius 3 is 2.88 bits per heavy atom. The number of nitrogens with zero attached hydrogens (tertiary/aromatic N) is 1. The molecule has 1 aromatic heterocycles. The van der Waals surface area contributed by atoms with Gasteiger partial charge in [0.05, 0.1) is 12.8 Å². The molecule has 82 valence electrons. The van der Waals surface area contributed by atoms with Crippen molar-refractivity contribution in [2.45, 2.75) is 6.61 Å². The Balaban J connectivity index is 2.30. The van der Waals surface area contributed by atoms with Crippen LogP contribution in [0.3, 0.4) is 0 Å². The summed E-state index contributed by atoms with van der Waals surface area (Å²) < 4.78 is 5.57. The first-order valence-corrected chi connectivity index (χ1v) is 5.14. The van der Waals surface area contributed by atoms with Crippen LogP contribution in [0.1, 0.15) is 5.56 Å². The fraction of sp³-hybridized carbons (Fsp3) is 0.0833. The highest BCUT2D eigenvalue weighted by atomic mass is 35.5. The summed E-state index contributed by atoms with van der Waals surface area (Å²) in [6.45, 7) is -0.0905. The fourth-order valence-corrected chi connectivity index (χ4v) is 1.45. The van der Waals surface area contributed by atoms with Crippen LogP contribution in [0, 0.1) is 0 Å². The van der Waals surface area contributed by atoms with Crippen LogP contribution >= 0.6 is 11.6 Å². The number of hydrogen-bond acceptors (Lipinski definition) is 3. The lowest BCUT2D eigenvalue weighted by Crippen LogP contribution is -1.91. The van der Waals surface area contributed by atoms with Crippen LogP contribution < -0.4 is 4.74 Å². The van der Waals surface area contributed by atoms with Crippen molar-refractivity contribution in [2.75, 3.05) is 0 Å². The predicted octanol–water partition coefficient (Wildman–Crippen LogP) is 3.02. The topological polar surface area (TPSA) is 42.4 Å². The Kier molecular flexibility index (Phi) is 3.39. The summed E-state index contributed by atoms with van der Waals surface area (Å²) in [4.78, 5) is 3.94. The molecular formula is C12H10ClNO2. The average Bonchev–Trinajstić information content (AvgIpc) is 2.31. The number of hydrogen-bond donors (Lipinski definition) is 1. The quantitative estimate of drug-likeness (QED) is 0.889. The van der Waals surface area contributed by atoms with Crippen LogP contribution in [0.25, 0.3) is 0 Å². The molecule has 3 nitrogen and oxygen atoms in total. The van der Waals surface area contributed by atoms with E-state index in [1.807, 2.05) is 0 Å². The van der Waals surface area contributed by atoms with E-state index >= 15 is 0 Å². The predicted molar refractivity (Wildman–Crippen MR) is 61.7 cm³/mol. The van der Waals surface area contributed by atoms with E-state index in [2.05, 4.69) is 4.98 Å². The van der Waals surface area contributed by atoms with Crippen molar-refractivity contribution >= 4 is 11.6 Å². The fourth-order valence-electron chi connectivity index (χ4n) is 1.29. The summed E-state index contributed by atoms with van der Waals surface area (Å²) in [5.74, 6) is 1.16. The highest BCUT2D eigenvalue weighted by molar-refractivity contribution is 6.30. The van der Waals surface area contributed by atoms with Crippen molar-refractivity contribution in [1.82, 2.24) is 4.98 Å². The number of aliphatic hydroxyl groups is 1. The van der Waals surface area contributed by atoms with E-state index in [9.17, 15) is 0 Å². The SMILES string of the molecule is OCc1ccc(Cl)cc1Oc1cccnc1. The first kappa shape index (κ1) is 10.9. The first-order chi connectivity index (χ1) is 7.79. The molecule has 0 saturated heterocycles. The number of rotatable bonds is 3. The van der Waals surface area contributed by atoms with Gasteiger partial charge in [-0.15, -0.1) is 0 Å². The van der Waals surface area contributed by atoms with E-state index in [-0.39, 0.29) is 6.61 Å². The van der Waals surface area contributed by atoms with Gasteiger partial charge in [-0.05, 0) is 24.3 Å². The zero-order valence-corrected chi connectivity index (χ0v) is 9.19. The van der Waals surface area contributed by atoms with Gasteiger partial charge in [0.2, 0.25) is 0 Å². The maximum absolute atomic E-state index is 9.15. The summed E-state index contributed by atoms with van der Waals surface area (Å²) in [5.41, 5.74) is 0.688. The maximum atomic E-state index is 9.15. The largest absolute Gasteiger partial charge is 0.455 e. The maximum Gasteiger partial charge on any atom is 0.145 e. The Labute approximate surface area is 98.3 Å². The number of benzene rings is 1. The second kappa shape index (κ2) is 4.96. The van der Waals surface area contributed by atoms with E-state index in [1.165, 1.54) is 0 Å². The molecule has 16 heavy (non-hydrogen) atoms. The highest BCUT2D eigenvalue weighted by Gasteiger charge is 2.05. The first-order valence-electron chi connectivity index (χ1n) is 4.77. The molecule has 0 aliphatic rings. The van der Waals surface area contributed by atoms with Crippen molar-refractivity contribution < 1.29 is 9.84 Å². The molecule has 1 heterocycles. The summed E-state index contributed by atoms with van der Waals surface area (Å²) in [7, 11) is 0. The molecule has 0 aliphatic carbocycles. The lowest BCUT2D eigenvalue weighted by molar-refractivity contribution is 0.276. The van der Waals surface area contributed by atoms with Crippen molar-refractivity contribution in [3.05, 3.63) is 53.3 Å². The molecule has 0 unspecified atom stereocenters. The van der Waals surface area contributed by atoms with Crippen LogP contribution in [-0.2, 0) is 6.61 Å². The molecular weight excluding hydrogens is 226 g/mol. The monoisotopic (exact) mass is 235 g/mol. The lowest BCUT2D eigenvalue weighted by Gasteiger charge is -2.09. The minimum absolute atomic E-state index is 0.0905. The second-order valence-corrected chi connectivity index (χ2v) is 3.64. The molecule has 0 atom stereocenters. The van der Waals surface area contributed by atoms with Crippen LogP contribution in [0.15, 0.2) is 42.7 Å². The average molecular weight is 236 g/mol. The Hall–Kier alpha value is -1.58. The van der Waals surface area contributed by atoms with Crippen LogP contribution in [0.5, 0.6) is 11.5 Å². The van der Waals surface area contributed by atoms with Gasteiger partial charge in [-0.2, -0.15) is 0 Å². The summed E-state index contributed by atoms with van der Waals surface area (Å²) in [5, 5.41) is 9.71. The summed E-state index contributed by atoms with van der Waals surface area (Å²) in [6, 6.07) is 8.67. The number of ether oxygens (including phenoxy) is 1. The van der Waals surface area contributed by atoms with Gasteiger partial charge in [-0.3, -0.25) is 4.98 Å². The molecule has 0 aliphatic heterocycles. The molecule has 1 N–H and O–H groups in total. The smallest absolute Gasteiger partial charge is 0.145 e. The van der Waals surface area contributed by atoms with Gasteiger partial charge in [-0.1, -0.05) is 17.7 Å². The molecule has 0 radical (unpaired) electrons. The Morgan fingerprint density at radius 2 is 2.19 bits per heavy atom. The van der Waals surface area contributed by atoms with Gasteiger partial charge in [0, 0.05) is 16.8 Å². The third-order valence-electron chi connectivity index (χ3n) is 2.06. The van der Waals surface area contributed by atoms with E-state index in [0.717, 1.165) is 0 Å². The minimum Gasteiger partial charge on any atom is -0.455 e. The van der Waals surface area contributed by atoms with Gasteiger partial charge < -0.3 is 9.84 Å². The molecule has 2 rings (SSSR count). The Morgan fingerprint density at radius 1 is 1.31 bits per heavy atom. The normalized spacial score (nSPS) is 10.1. The van der Waals surface area contributed by atoms with Crippen LogP contribution in [-0.4, -0.2) is 10.1 Å². The summed E-state index contributed by atoms with van der Waals surface area (Å²) in [6.07, 6.45) is 3.26. The van der Waals surface area contributed by atoms with Crippen LogP contribution in [0.4, 0.5) is 0 Å². The Bertz CT molecular complexity index is 474. The number of aliphatic hydroxyl groups excluding tert-OH is 1. The molecule has 4 heteroatoms. The molecule has 1 aromatic carbocycles. The third-order valence-corrected chi connectivity index (χ3v) is 2.30. The van der Waals surface area contributed by atoms with Gasteiger partial charge in [0.25, 0.3) is 0 Å². The van der Waals surface area contributed by atoms with Gasteiger partial charge in [0.1, 0.15) is 11.5 Å². The molecule has 0 amide bonds. The molecule has 0 saturated carbocycles. The third kappa shape index (κ3) is 2.51. The summed E-state index contributed by atoms with van der Waals surface area (Å²) >= 11 is 5.86. The standard InChI is InChI=1S/C12H10ClNO2/c13-10-4-3-9(8-15)12(6-10)16-11-2-1-5-14-7-11/h1-7,15H,8H2. The van der Waals surface area contributed by atoms with E-state index in [1.54, 1.807) is 42.7 Å². The van der Waals surface area contributed by atoms with E-state index in [0.29, 0.717) is 22.1 Å². The van der Waals surface area contributed by atoms with Crippen molar-refractivity contribution in [2.24, 2.45) is 0 Å². The van der Waals surface area contributed by atoms with E-state index in [4.69, 9.17) is 21.4 Å². The lowest BCUT2D eigenvalue weighted by atomic mass is 10.2. The second-order valence-electron chi connectivity index (χ2n) is 3.20. The van der Waals surface area contributed by atoms with Gasteiger partial charge in [0.15, 0.2) is 0 Å². The molecule has 0 bridgehead atoms. The van der Waals surface area contributed by atoms with Crippen molar-refractivity contribution in [1.29, 1.82) is 0 Å². The highest BCUT2D eigenvalue weighted by Crippen LogP contribution is 2.27. The molecule has 0 fully saturated rings. The van der Waals surface area contributed by atoms with E-state index < -0.39 is 0 Å². The number of aromatic nitrogens is 1. The van der Waals surface area contributed by atoms with Crippen LogP contribution in [0.2, 0.25) is 5.02 Å². The van der Waals surface area contributed by atoms with Gasteiger partial charge >= 0.3 is 0 Å². The molecule has 0 spiro atoms. The zero-order chi connectivity index (χ0) is 11.4. The number of halogens is 1. The van der Waals surface area contributed by atoms with Gasteiger partial charge in [-0.25, -0.2) is 0 Å². The molecule has 2 aromatic rings. The minimum atomic E-state index is -0.0905.